The summed E-state index contributed by atoms with van der Waals surface area (Å²) in [5, 5.41) is 4.09. The van der Waals surface area contributed by atoms with Gasteiger partial charge in [-0.05, 0) is 50.1 Å². The zero-order valence-corrected chi connectivity index (χ0v) is 23.7. The molecule has 0 spiro atoms. The molecule has 2 aliphatic heterocycles. The third-order valence-electron chi connectivity index (χ3n) is 7.48. The summed E-state index contributed by atoms with van der Waals surface area (Å²) in [7, 11) is 0. The van der Waals surface area contributed by atoms with Crippen LogP contribution in [0.1, 0.15) is 36.3 Å². The summed E-state index contributed by atoms with van der Waals surface area (Å²) in [6, 6.07) is 5.76. The summed E-state index contributed by atoms with van der Waals surface area (Å²) < 4.78 is 26.7. The summed E-state index contributed by atoms with van der Waals surface area (Å²) in [6.07, 6.45) is -1.14. The molecule has 2 saturated heterocycles. The number of alkyl halides is 2. The fourth-order valence-corrected chi connectivity index (χ4v) is 6.79. The second-order valence-electron chi connectivity index (χ2n) is 10.3. The van der Waals surface area contributed by atoms with Crippen LogP contribution in [0.2, 0.25) is 5.02 Å². The minimum absolute atomic E-state index is 0.00174. The van der Waals surface area contributed by atoms with E-state index in [4.69, 9.17) is 11.6 Å². The molecule has 0 saturated carbocycles. The second-order valence-corrected chi connectivity index (χ2v) is 11.8. The number of aromatic nitrogens is 2. The van der Waals surface area contributed by atoms with E-state index >= 15 is 0 Å². The van der Waals surface area contributed by atoms with Gasteiger partial charge in [0, 0.05) is 60.1 Å². The normalized spacial score (nSPS) is 21.0. The molecule has 3 amide bonds. The monoisotopic (exact) mass is 576 g/mol. The van der Waals surface area contributed by atoms with Crippen molar-refractivity contribution in [1.29, 1.82) is 0 Å². The van der Waals surface area contributed by atoms with Crippen LogP contribution in [0.5, 0.6) is 0 Å². The number of nitrogens with one attached hydrogen (secondary N) is 1. The summed E-state index contributed by atoms with van der Waals surface area (Å²) in [6.45, 7) is 8.37. The number of hydrogen-bond donors (Lipinski definition) is 1. The lowest BCUT2D eigenvalue weighted by Gasteiger charge is -2.40. The Morgan fingerprint density at radius 3 is 2.59 bits per heavy atom. The van der Waals surface area contributed by atoms with Gasteiger partial charge in [-0.1, -0.05) is 11.6 Å². The Kier molecular flexibility index (Phi) is 8.14. The molecule has 4 heterocycles. The summed E-state index contributed by atoms with van der Waals surface area (Å²) in [5.74, 6) is -0.374. The Morgan fingerprint density at radius 2 is 1.87 bits per heavy atom. The molecular formula is C27H31ClF2N6O2S. The van der Waals surface area contributed by atoms with Crippen molar-refractivity contribution in [2.75, 3.05) is 26.2 Å². The van der Waals surface area contributed by atoms with Gasteiger partial charge in [0.1, 0.15) is 6.33 Å². The van der Waals surface area contributed by atoms with E-state index in [1.807, 2.05) is 18.2 Å². The number of fused-ring (bicyclic) bond motifs is 1. The molecule has 0 bridgehead atoms. The van der Waals surface area contributed by atoms with Crippen LogP contribution in [-0.2, 0) is 17.9 Å². The molecule has 8 nitrogen and oxygen atoms in total. The largest absolute Gasteiger partial charge is 0.327 e. The molecule has 1 N–H and O–H groups in total. The van der Waals surface area contributed by atoms with Crippen molar-refractivity contribution >= 4 is 45.1 Å². The van der Waals surface area contributed by atoms with Crippen LogP contribution in [0.3, 0.4) is 0 Å². The number of imide groups is 1. The van der Waals surface area contributed by atoms with E-state index in [0.717, 1.165) is 61.4 Å². The number of urea groups is 1. The molecule has 208 valence electrons. The third kappa shape index (κ3) is 5.77. The van der Waals surface area contributed by atoms with E-state index in [9.17, 15) is 18.4 Å². The van der Waals surface area contributed by atoms with E-state index in [0.29, 0.717) is 22.6 Å². The lowest BCUT2D eigenvalue weighted by molar-refractivity contribution is -0.131. The van der Waals surface area contributed by atoms with E-state index in [2.05, 4.69) is 41.0 Å². The molecule has 2 atom stereocenters. The van der Waals surface area contributed by atoms with Crippen molar-refractivity contribution in [3.8, 4) is 11.3 Å². The van der Waals surface area contributed by atoms with E-state index < -0.39 is 19.0 Å². The van der Waals surface area contributed by atoms with Crippen molar-refractivity contribution < 1.29 is 18.4 Å². The van der Waals surface area contributed by atoms with Gasteiger partial charge in [-0.25, -0.2) is 23.5 Å². The second kappa shape index (κ2) is 11.4. The Bertz CT molecular complexity index is 1390. The van der Waals surface area contributed by atoms with Crippen LogP contribution in [0, 0.1) is 6.92 Å². The number of piperazine rings is 1. The first-order chi connectivity index (χ1) is 18.6. The molecule has 2 aliphatic rings. The van der Waals surface area contributed by atoms with Crippen molar-refractivity contribution in [1.82, 2.24) is 30.0 Å². The number of benzene rings is 1. The van der Waals surface area contributed by atoms with Crippen LogP contribution in [-0.4, -0.2) is 81.3 Å². The van der Waals surface area contributed by atoms with Gasteiger partial charge >= 0.3 is 6.03 Å². The lowest BCUT2D eigenvalue weighted by Crippen LogP contribution is -2.54. The van der Waals surface area contributed by atoms with E-state index in [1.165, 1.54) is 17.7 Å². The topological polar surface area (TPSA) is 81.7 Å². The zero-order chi connectivity index (χ0) is 27.8. The van der Waals surface area contributed by atoms with E-state index in [-0.39, 0.29) is 25.4 Å². The Morgan fingerprint density at radius 1 is 1.13 bits per heavy atom. The van der Waals surface area contributed by atoms with Crippen molar-refractivity contribution in [3.05, 3.63) is 45.6 Å². The lowest BCUT2D eigenvalue weighted by atomic mass is 9.96. The summed E-state index contributed by atoms with van der Waals surface area (Å²) in [4.78, 5) is 39.7. The van der Waals surface area contributed by atoms with Gasteiger partial charge in [-0.3, -0.25) is 14.6 Å². The summed E-state index contributed by atoms with van der Waals surface area (Å²) >= 11 is 7.93. The average Bonchev–Trinajstić information content (AvgIpc) is 3.29. The number of aryl methyl sites for hydroxylation is 1. The Balaban J connectivity index is 1.50. The fourth-order valence-electron chi connectivity index (χ4n) is 5.42. The molecular weight excluding hydrogens is 546 g/mol. The van der Waals surface area contributed by atoms with Gasteiger partial charge in [0.05, 0.1) is 29.0 Å². The van der Waals surface area contributed by atoms with Gasteiger partial charge < -0.3 is 10.2 Å². The minimum atomic E-state index is -2.66. The number of amides is 3. The van der Waals surface area contributed by atoms with Crippen LogP contribution in [0.25, 0.3) is 21.5 Å². The average molecular weight is 577 g/mol. The molecule has 3 aromatic rings. The first kappa shape index (κ1) is 27.8. The number of rotatable bonds is 7. The predicted molar refractivity (Wildman–Crippen MR) is 148 cm³/mol. The molecule has 2 fully saturated rings. The number of nitrogens with zero attached hydrogens (tertiary/aromatic N) is 5. The van der Waals surface area contributed by atoms with E-state index in [1.54, 1.807) is 0 Å². The number of halogens is 3. The van der Waals surface area contributed by atoms with Crippen LogP contribution in [0.15, 0.2) is 24.5 Å². The van der Waals surface area contributed by atoms with Gasteiger partial charge in [-0.15, -0.1) is 11.3 Å². The molecule has 39 heavy (non-hydrogen) atoms. The zero-order valence-electron chi connectivity index (χ0n) is 22.1. The minimum Gasteiger partial charge on any atom is -0.318 e. The molecule has 12 heteroatoms. The Labute approximate surface area is 234 Å². The highest BCUT2D eigenvalue weighted by Crippen LogP contribution is 2.38. The van der Waals surface area contributed by atoms with Crippen molar-refractivity contribution in [3.63, 3.8) is 0 Å². The van der Waals surface area contributed by atoms with Crippen LogP contribution in [0.4, 0.5) is 13.6 Å². The molecule has 0 aliphatic carbocycles. The maximum Gasteiger partial charge on any atom is 0.327 e. The highest BCUT2D eigenvalue weighted by molar-refractivity contribution is 7.19. The molecule has 0 radical (unpaired) electrons. The maximum atomic E-state index is 12.9. The number of hydrogen-bond acceptors (Lipinski definition) is 7. The SMILES string of the molecule is Cc1cc(Cl)cc(-c2ncnc3cc(CN4C(=O)CCN(CC(F)F)C4=O)sc23)c1CN1[C@@H](C)CNC[C@@H]1C. The van der Waals surface area contributed by atoms with Gasteiger partial charge in [0.25, 0.3) is 6.43 Å². The smallest absolute Gasteiger partial charge is 0.318 e. The molecule has 1 aromatic carbocycles. The third-order valence-corrected chi connectivity index (χ3v) is 8.81. The molecule has 2 aromatic heterocycles. The first-order valence-electron chi connectivity index (χ1n) is 13.0. The standard InChI is InChI=1S/C27H31ClF2N6O2S/c1-15-6-18(28)7-20(21(15)12-35-16(2)9-31-10-17(35)3)25-26-22(32-14-33-25)8-19(39-26)11-36-24(37)4-5-34(27(36)38)13-23(29)30/h6-8,14,16-17,23,31H,4-5,9-13H2,1-3H3/t16-,17-/m0/s1. The van der Waals surface area contributed by atoms with Gasteiger partial charge in [-0.2, -0.15) is 0 Å². The van der Waals surface area contributed by atoms with Crippen molar-refractivity contribution in [2.24, 2.45) is 0 Å². The maximum absolute atomic E-state index is 12.9. The number of carbonyl (C=O) groups is 2. The Hall–Kier alpha value is -2.73. The number of carbonyl (C=O) groups excluding carboxylic acids is 2. The quantitative estimate of drug-likeness (QED) is 0.430. The number of thiophene rings is 1. The highest BCUT2D eigenvalue weighted by atomic mass is 35.5. The fraction of sp³-hybridized carbons (Fsp3) is 0.481. The highest BCUT2D eigenvalue weighted by Gasteiger charge is 2.34. The van der Waals surface area contributed by atoms with Crippen molar-refractivity contribution in [2.45, 2.75) is 58.8 Å². The van der Waals surface area contributed by atoms with Gasteiger partial charge in [0.2, 0.25) is 5.91 Å². The molecule has 0 unspecified atom stereocenters. The predicted octanol–water partition coefficient (Wildman–Crippen LogP) is 4.92. The molecule has 5 rings (SSSR count). The van der Waals surface area contributed by atoms with Crippen LogP contribution < -0.4 is 5.32 Å². The van der Waals surface area contributed by atoms with Crippen LogP contribution >= 0.6 is 22.9 Å². The summed E-state index contributed by atoms with van der Waals surface area (Å²) in [5.41, 5.74) is 4.56. The van der Waals surface area contributed by atoms with Gasteiger partial charge in [0.15, 0.2) is 0 Å². The first-order valence-corrected chi connectivity index (χ1v) is 14.2.